The molecule has 9 heteroatoms. The smallest absolute Gasteiger partial charge is 0.260 e. The van der Waals surface area contributed by atoms with Crippen molar-refractivity contribution in [1.29, 1.82) is 0 Å². The Kier molecular flexibility index (Phi) is 6.94. The molecule has 0 saturated carbocycles. The van der Waals surface area contributed by atoms with Crippen molar-refractivity contribution in [3.63, 3.8) is 0 Å². The molecule has 0 unspecified atom stereocenters. The lowest BCUT2D eigenvalue weighted by Crippen LogP contribution is -2.31. The number of thioether (sulfide) groups is 1. The number of aromatic nitrogens is 2. The molecule has 0 saturated heterocycles. The predicted octanol–water partition coefficient (Wildman–Crippen LogP) is 2.04. The first-order valence-electron chi connectivity index (χ1n) is 9.09. The summed E-state index contributed by atoms with van der Waals surface area (Å²) in [6.07, 6.45) is 0. The molecule has 0 bridgehead atoms. The molecule has 28 heavy (non-hydrogen) atoms. The molecule has 2 amide bonds. The SMILES string of the molecule is CCOc1ccccc1C(=O)Nc1c2c(nn1CC(=O)NCCOC)CSC2. The summed E-state index contributed by atoms with van der Waals surface area (Å²) in [6.45, 7) is 3.24. The zero-order valence-electron chi connectivity index (χ0n) is 16.0. The van der Waals surface area contributed by atoms with E-state index in [-0.39, 0.29) is 18.4 Å². The second-order valence-corrected chi connectivity index (χ2v) is 7.14. The number of hydrogen-bond donors (Lipinski definition) is 2. The van der Waals surface area contributed by atoms with Gasteiger partial charge >= 0.3 is 0 Å². The Morgan fingerprint density at radius 3 is 2.89 bits per heavy atom. The van der Waals surface area contributed by atoms with E-state index < -0.39 is 0 Å². The van der Waals surface area contributed by atoms with Gasteiger partial charge in [0.15, 0.2) is 0 Å². The lowest BCUT2D eigenvalue weighted by Gasteiger charge is -2.13. The summed E-state index contributed by atoms with van der Waals surface area (Å²) in [5.74, 6) is 2.14. The number of benzene rings is 1. The Balaban J connectivity index is 1.79. The number of nitrogens with zero attached hydrogens (tertiary/aromatic N) is 2. The highest BCUT2D eigenvalue weighted by Crippen LogP contribution is 2.35. The Morgan fingerprint density at radius 2 is 2.11 bits per heavy atom. The zero-order valence-corrected chi connectivity index (χ0v) is 16.8. The number of ether oxygens (including phenoxy) is 2. The number of fused-ring (bicyclic) bond motifs is 1. The topological polar surface area (TPSA) is 94.5 Å². The third-order valence-corrected chi connectivity index (χ3v) is 5.17. The van der Waals surface area contributed by atoms with Crippen molar-refractivity contribution in [2.24, 2.45) is 0 Å². The van der Waals surface area contributed by atoms with Gasteiger partial charge in [0, 0.05) is 30.7 Å². The van der Waals surface area contributed by atoms with Crippen molar-refractivity contribution in [2.45, 2.75) is 25.0 Å². The number of methoxy groups -OCH3 is 1. The maximum atomic E-state index is 12.9. The van der Waals surface area contributed by atoms with Gasteiger partial charge in [0.2, 0.25) is 5.91 Å². The molecule has 8 nitrogen and oxygen atoms in total. The van der Waals surface area contributed by atoms with Crippen molar-refractivity contribution >= 4 is 29.4 Å². The fourth-order valence-corrected chi connectivity index (χ4v) is 3.95. The molecule has 0 fully saturated rings. The van der Waals surface area contributed by atoms with E-state index in [0.717, 1.165) is 22.8 Å². The molecule has 1 aromatic heterocycles. The molecule has 0 spiro atoms. The van der Waals surface area contributed by atoms with Gasteiger partial charge in [-0.2, -0.15) is 16.9 Å². The van der Waals surface area contributed by atoms with Gasteiger partial charge in [-0.25, -0.2) is 4.68 Å². The number of rotatable bonds is 9. The number of carbonyl (C=O) groups is 2. The lowest BCUT2D eigenvalue weighted by molar-refractivity contribution is -0.122. The minimum Gasteiger partial charge on any atom is -0.493 e. The standard InChI is InChI=1S/C19H24N4O4S/c1-3-27-16-7-5-4-6-13(16)19(25)21-18-14-11-28-12-15(14)22-23(18)10-17(24)20-8-9-26-2/h4-7H,3,8-12H2,1-2H3,(H,20,24)(H,21,25). The van der Waals surface area contributed by atoms with Crippen molar-refractivity contribution in [1.82, 2.24) is 15.1 Å². The van der Waals surface area contributed by atoms with E-state index in [1.54, 1.807) is 41.8 Å². The number of anilines is 1. The molecular formula is C19H24N4O4S. The van der Waals surface area contributed by atoms with Gasteiger partial charge in [-0.05, 0) is 19.1 Å². The second kappa shape index (κ2) is 9.61. The minimum absolute atomic E-state index is 0.0318. The predicted molar refractivity (Wildman–Crippen MR) is 108 cm³/mol. The van der Waals surface area contributed by atoms with Crippen molar-refractivity contribution in [3.05, 3.63) is 41.1 Å². The van der Waals surface area contributed by atoms with Crippen molar-refractivity contribution in [3.8, 4) is 5.75 Å². The second-order valence-electron chi connectivity index (χ2n) is 6.15. The molecule has 150 valence electrons. The first-order chi connectivity index (χ1) is 13.6. The fraction of sp³-hybridized carbons (Fsp3) is 0.421. The Hall–Kier alpha value is -2.52. The van der Waals surface area contributed by atoms with Crippen LogP contribution in [0, 0.1) is 0 Å². The van der Waals surface area contributed by atoms with Crippen molar-refractivity contribution in [2.75, 3.05) is 32.2 Å². The quantitative estimate of drug-likeness (QED) is 0.621. The average Bonchev–Trinajstić information content (AvgIpc) is 3.25. The van der Waals surface area contributed by atoms with Gasteiger partial charge < -0.3 is 20.1 Å². The summed E-state index contributed by atoms with van der Waals surface area (Å²) in [7, 11) is 1.58. The Morgan fingerprint density at radius 1 is 1.29 bits per heavy atom. The molecule has 2 N–H and O–H groups in total. The summed E-state index contributed by atoms with van der Waals surface area (Å²) in [5.41, 5.74) is 2.32. The molecule has 2 heterocycles. The summed E-state index contributed by atoms with van der Waals surface area (Å²) >= 11 is 1.73. The summed E-state index contributed by atoms with van der Waals surface area (Å²) in [4.78, 5) is 25.1. The van der Waals surface area contributed by atoms with Crippen LogP contribution in [0.4, 0.5) is 5.82 Å². The Bertz CT molecular complexity index is 852. The van der Waals surface area contributed by atoms with E-state index >= 15 is 0 Å². The van der Waals surface area contributed by atoms with Gasteiger partial charge in [0.1, 0.15) is 18.1 Å². The van der Waals surface area contributed by atoms with E-state index in [2.05, 4.69) is 15.7 Å². The molecule has 0 atom stereocenters. The van der Waals surface area contributed by atoms with Gasteiger partial charge in [-0.15, -0.1) is 0 Å². The van der Waals surface area contributed by atoms with E-state index in [1.807, 2.05) is 13.0 Å². The summed E-state index contributed by atoms with van der Waals surface area (Å²) in [5, 5.41) is 10.2. The van der Waals surface area contributed by atoms with E-state index in [0.29, 0.717) is 36.9 Å². The zero-order chi connectivity index (χ0) is 19.9. The molecule has 1 aliphatic heterocycles. The molecule has 2 aromatic rings. The molecule has 1 aromatic carbocycles. The monoisotopic (exact) mass is 404 g/mol. The lowest BCUT2D eigenvalue weighted by atomic mass is 10.2. The van der Waals surface area contributed by atoms with Crippen LogP contribution in [-0.4, -0.2) is 48.5 Å². The normalized spacial score (nSPS) is 12.5. The van der Waals surface area contributed by atoms with Gasteiger partial charge in [0.05, 0.1) is 24.5 Å². The van der Waals surface area contributed by atoms with Crippen LogP contribution in [0.2, 0.25) is 0 Å². The highest BCUT2D eigenvalue weighted by atomic mass is 32.2. The molecule has 1 aliphatic rings. The maximum Gasteiger partial charge on any atom is 0.260 e. The van der Waals surface area contributed by atoms with Crippen LogP contribution in [-0.2, 0) is 27.6 Å². The largest absolute Gasteiger partial charge is 0.493 e. The number of para-hydroxylation sites is 1. The van der Waals surface area contributed by atoms with Crippen LogP contribution in [0.3, 0.4) is 0 Å². The van der Waals surface area contributed by atoms with E-state index in [4.69, 9.17) is 9.47 Å². The fourth-order valence-electron chi connectivity index (χ4n) is 2.92. The van der Waals surface area contributed by atoms with Crippen LogP contribution >= 0.6 is 11.8 Å². The third-order valence-electron chi connectivity index (χ3n) is 4.20. The maximum absolute atomic E-state index is 12.9. The van der Waals surface area contributed by atoms with Crippen LogP contribution in [0.25, 0.3) is 0 Å². The van der Waals surface area contributed by atoms with Crippen LogP contribution < -0.4 is 15.4 Å². The number of hydrogen-bond acceptors (Lipinski definition) is 6. The Labute approximate surface area is 168 Å². The van der Waals surface area contributed by atoms with Crippen molar-refractivity contribution < 1.29 is 19.1 Å². The molecule has 0 aliphatic carbocycles. The summed E-state index contributed by atoms with van der Waals surface area (Å²) in [6, 6.07) is 7.09. The van der Waals surface area contributed by atoms with E-state index in [1.165, 1.54) is 0 Å². The minimum atomic E-state index is -0.287. The number of amides is 2. The molecule has 0 radical (unpaired) electrons. The van der Waals surface area contributed by atoms with Gasteiger partial charge in [-0.1, -0.05) is 12.1 Å². The summed E-state index contributed by atoms with van der Waals surface area (Å²) < 4.78 is 12.1. The van der Waals surface area contributed by atoms with Crippen LogP contribution in [0.1, 0.15) is 28.5 Å². The highest BCUT2D eigenvalue weighted by Gasteiger charge is 2.25. The van der Waals surface area contributed by atoms with Crippen LogP contribution in [0.5, 0.6) is 5.75 Å². The third kappa shape index (κ3) is 4.66. The van der Waals surface area contributed by atoms with Gasteiger partial charge in [-0.3, -0.25) is 9.59 Å². The first kappa shape index (κ1) is 20.2. The highest BCUT2D eigenvalue weighted by molar-refractivity contribution is 7.98. The number of nitrogens with one attached hydrogen (secondary N) is 2. The molecular weight excluding hydrogens is 380 g/mol. The molecule has 3 rings (SSSR count). The van der Waals surface area contributed by atoms with Crippen LogP contribution in [0.15, 0.2) is 24.3 Å². The van der Waals surface area contributed by atoms with Gasteiger partial charge in [0.25, 0.3) is 5.91 Å². The first-order valence-corrected chi connectivity index (χ1v) is 10.2. The average molecular weight is 404 g/mol. The number of carbonyl (C=O) groups excluding carboxylic acids is 2. The van der Waals surface area contributed by atoms with E-state index in [9.17, 15) is 9.59 Å².